The third-order valence-electron chi connectivity index (χ3n) is 3.32. The molecule has 0 bridgehead atoms. The maximum atomic E-state index is 12.6. The van der Waals surface area contributed by atoms with Crippen LogP contribution in [0.15, 0.2) is 41.3 Å². The molecule has 0 saturated heterocycles. The number of hydrogen-bond donors (Lipinski definition) is 2. The summed E-state index contributed by atoms with van der Waals surface area (Å²) in [6, 6.07) is 9.52. The lowest BCUT2D eigenvalue weighted by molar-refractivity contribution is -0.118. The summed E-state index contributed by atoms with van der Waals surface area (Å²) in [4.78, 5) is 11.4. The van der Waals surface area contributed by atoms with Gasteiger partial charge in [0.1, 0.15) is 5.75 Å². The minimum atomic E-state index is -3.84. The molecule has 0 fully saturated rings. The zero-order valence-electron chi connectivity index (χ0n) is 12.1. The molecule has 1 aliphatic rings. The molecule has 0 radical (unpaired) electrons. The Kier molecular flexibility index (Phi) is 3.91. The first-order chi connectivity index (χ1) is 10.9. The molecule has 0 aliphatic carbocycles. The number of amides is 1. The third-order valence-corrected chi connectivity index (χ3v) is 5.15. The predicted molar refractivity (Wildman–Crippen MR) is 87.6 cm³/mol. The van der Waals surface area contributed by atoms with Crippen molar-refractivity contribution in [2.24, 2.45) is 0 Å². The van der Waals surface area contributed by atoms with Gasteiger partial charge < -0.3 is 10.1 Å². The van der Waals surface area contributed by atoms with E-state index in [1.807, 2.05) is 0 Å². The third kappa shape index (κ3) is 3.11. The maximum absolute atomic E-state index is 12.6. The van der Waals surface area contributed by atoms with E-state index in [4.69, 9.17) is 16.3 Å². The average Bonchev–Trinajstić information content (AvgIpc) is 2.48. The van der Waals surface area contributed by atoms with Gasteiger partial charge in [-0.25, -0.2) is 8.42 Å². The fourth-order valence-corrected chi connectivity index (χ4v) is 3.81. The molecule has 6 nitrogen and oxygen atoms in total. The highest BCUT2D eigenvalue weighted by molar-refractivity contribution is 7.92. The molecule has 8 heteroatoms. The number of anilines is 2. The largest absolute Gasteiger partial charge is 0.482 e. The maximum Gasteiger partial charge on any atom is 0.262 e. The molecule has 0 atom stereocenters. The van der Waals surface area contributed by atoms with E-state index in [0.717, 1.165) is 0 Å². The van der Waals surface area contributed by atoms with Gasteiger partial charge in [0.2, 0.25) is 0 Å². The number of halogens is 1. The van der Waals surface area contributed by atoms with Crippen molar-refractivity contribution >= 4 is 38.9 Å². The lowest BCUT2D eigenvalue weighted by atomic mass is 10.2. The highest BCUT2D eigenvalue weighted by Crippen LogP contribution is 2.34. The molecular weight excluding hydrogens is 340 g/mol. The number of ether oxygens (including phenoxy) is 1. The Bertz CT molecular complexity index is 896. The van der Waals surface area contributed by atoms with E-state index in [9.17, 15) is 13.2 Å². The fourth-order valence-electron chi connectivity index (χ4n) is 2.25. The van der Waals surface area contributed by atoms with Crippen molar-refractivity contribution in [1.82, 2.24) is 0 Å². The summed E-state index contributed by atoms with van der Waals surface area (Å²) in [5, 5.41) is 2.94. The zero-order valence-corrected chi connectivity index (χ0v) is 13.7. The Morgan fingerprint density at radius 3 is 2.74 bits per heavy atom. The second-order valence-corrected chi connectivity index (χ2v) is 7.09. The van der Waals surface area contributed by atoms with Crippen LogP contribution in [0.2, 0.25) is 5.02 Å². The monoisotopic (exact) mass is 352 g/mol. The van der Waals surface area contributed by atoms with Crippen molar-refractivity contribution in [3.05, 3.63) is 47.0 Å². The SMILES string of the molecule is Cc1cc2c(cc1S(=O)(=O)Nc1ccccc1Cl)OCC(=O)N2. The van der Waals surface area contributed by atoms with Crippen LogP contribution in [0, 0.1) is 6.92 Å². The molecule has 0 saturated carbocycles. The van der Waals surface area contributed by atoms with Gasteiger partial charge in [0, 0.05) is 6.07 Å². The van der Waals surface area contributed by atoms with Crippen LogP contribution < -0.4 is 14.8 Å². The molecule has 2 N–H and O–H groups in total. The number of rotatable bonds is 3. The smallest absolute Gasteiger partial charge is 0.262 e. The molecule has 1 aliphatic heterocycles. The van der Waals surface area contributed by atoms with Crippen LogP contribution >= 0.6 is 11.6 Å². The number of carbonyl (C=O) groups excluding carboxylic acids is 1. The Hall–Kier alpha value is -2.25. The summed E-state index contributed by atoms with van der Waals surface area (Å²) in [6.45, 7) is 1.50. The Labute approximate surface area is 138 Å². The molecule has 2 aromatic carbocycles. The van der Waals surface area contributed by atoms with E-state index >= 15 is 0 Å². The lowest BCUT2D eigenvalue weighted by Gasteiger charge is -2.20. The standard InChI is InChI=1S/C15H13ClN2O4S/c1-9-6-12-13(22-8-15(19)17-12)7-14(9)23(20,21)18-11-5-3-2-4-10(11)16/h2-7,18H,8H2,1H3,(H,17,19). The summed E-state index contributed by atoms with van der Waals surface area (Å²) in [5.74, 6) is 0.0384. The first-order valence-electron chi connectivity index (χ1n) is 6.71. The van der Waals surface area contributed by atoms with Crippen molar-refractivity contribution in [3.8, 4) is 5.75 Å². The van der Waals surface area contributed by atoms with E-state index in [-0.39, 0.29) is 17.4 Å². The van der Waals surface area contributed by atoms with Crippen molar-refractivity contribution in [2.45, 2.75) is 11.8 Å². The molecule has 0 unspecified atom stereocenters. The first kappa shape index (κ1) is 15.6. The molecular formula is C15H13ClN2O4S. The lowest BCUT2D eigenvalue weighted by Crippen LogP contribution is -2.26. The summed E-state index contributed by atoms with van der Waals surface area (Å²) < 4.78 is 33.0. The van der Waals surface area contributed by atoms with E-state index in [1.54, 1.807) is 37.3 Å². The number of nitrogens with one attached hydrogen (secondary N) is 2. The van der Waals surface area contributed by atoms with Crippen molar-refractivity contribution in [3.63, 3.8) is 0 Å². The Balaban J connectivity index is 2.00. The van der Waals surface area contributed by atoms with Gasteiger partial charge in [-0.2, -0.15) is 0 Å². The second-order valence-electron chi connectivity index (χ2n) is 5.04. The number of carbonyl (C=O) groups is 1. The number of aryl methyl sites for hydroxylation is 1. The number of hydrogen-bond acceptors (Lipinski definition) is 4. The molecule has 1 amide bonds. The molecule has 1 heterocycles. The van der Waals surface area contributed by atoms with Gasteiger partial charge >= 0.3 is 0 Å². The van der Waals surface area contributed by atoms with Crippen LogP contribution in [0.25, 0.3) is 0 Å². The highest BCUT2D eigenvalue weighted by Gasteiger charge is 2.24. The van der Waals surface area contributed by atoms with Crippen molar-refractivity contribution in [2.75, 3.05) is 16.6 Å². The summed E-state index contributed by atoms with van der Waals surface area (Å²) in [5.41, 5.74) is 1.23. The van der Waals surface area contributed by atoms with E-state index in [2.05, 4.69) is 10.0 Å². The number of para-hydroxylation sites is 1. The van der Waals surface area contributed by atoms with Crippen LogP contribution in [0.5, 0.6) is 5.75 Å². The van der Waals surface area contributed by atoms with Gasteiger partial charge in [-0.15, -0.1) is 0 Å². The number of sulfonamides is 1. The minimum absolute atomic E-state index is 0.0623. The van der Waals surface area contributed by atoms with Gasteiger partial charge in [-0.3, -0.25) is 9.52 Å². The van der Waals surface area contributed by atoms with Gasteiger partial charge in [0.15, 0.2) is 6.61 Å². The molecule has 3 rings (SSSR count). The Morgan fingerprint density at radius 1 is 1.26 bits per heavy atom. The van der Waals surface area contributed by atoms with E-state index in [1.165, 1.54) is 6.07 Å². The van der Waals surface area contributed by atoms with Crippen LogP contribution in [0.1, 0.15) is 5.56 Å². The van der Waals surface area contributed by atoms with Crippen molar-refractivity contribution < 1.29 is 17.9 Å². The first-order valence-corrected chi connectivity index (χ1v) is 8.57. The molecule has 23 heavy (non-hydrogen) atoms. The fraction of sp³-hybridized carbons (Fsp3) is 0.133. The van der Waals surface area contributed by atoms with Gasteiger partial charge in [-0.1, -0.05) is 23.7 Å². The van der Waals surface area contributed by atoms with Gasteiger partial charge in [-0.05, 0) is 30.7 Å². The van der Waals surface area contributed by atoms with E-state index < -0.39 is 10.0 Å². The number of fused-ring (bicyclic) bond motifs is 1. The summed E-state index contributed by atoms with van der Waals surface area (Å²) in [7, 11) is -3.84. The zero-order chi connectivity index (χ0) is 16.6. The molecule has 0 spiro atoms. The average molecular weight is 353 g/mol. The Morgan fingerprint density at radius 2 is 2.00 bits per heavy atom. The van der Waals surface area contributed by atoms with Crippen molar-refractivity contribution in [1.29, 1.82) is 0 Å². The minimum Gasteiger partial charge on any atom is -0.482 e. The van der Waals surface area contributed by atoms with Crippen LogP contribution in [0.4, 0.5) is 11.4 Å². The summed E-state index contributed by atoms with van der Waals surface area (Å²) in [6.07, 6.45) is 0. The topological polar surface area (TPSA) is 84.5 Å². The number of benzene rings is 2. The van der Waals surface area contributed by atoms with Crippen LogP contribution in [0.3, 0.4) is 0 Å². The predicted octanol–water partition coefficient (Wildman–Crippen LogP) is 2.78. The van der Waals surface area contributed by atoms with Gasteiger partial charge in [0.25, 0.3) is 15.9 Å². The quantitative estimate of drug-likeness (QED) is 0.889. The highest BCUT2D eigenvalue weighted by atomic mass is 35.5. The second kappa shape index (κ2) is 5.75. The molecule has 0 aromatic heterocycles. The molecule has 2 aromatic rings. The molecule has 120 valence electrons. The summed E-state index contributed by atoms with van der Waals surface area (Å²) >= 11 is 5.99. The van der Waals surface area contributed by atoms with Crippen LogP contribution in [-0.4, -0.2) is 20.9 Å². The van der Waals surface area contributed by atoms with Gasteiger partial charge in [0.05, 0.1) is 21.3 Å². The normalized spacial score (nSPS) is 13.7. The van der Waals surface area contributed by atoms with E-state index in [0.29, 0.717) is 27.7 Å². The van der Waals surface area contributed by atoms with Crippen LogP contribution in [-0.2, 0) is 14.8 Å².